The summed E-state index contributed by atoms with van der Waals surface area (Å²) in [5, 5.41) is 10.4. The lowest BCUT2D eigenvalue weighted by Crippen LogP contribution is -2.51. The van der Waals surface area contributed by atoms with Crippen molar-refractivity contribution in [2.24, 2.45) is 4.99 Å². The number of phenols is 1. The molecule has 0 spiro atoms. The van der Waals surface area contributed by atoms with E-state index in [4.69, 9.17) is 26.1 Å². The molecule has 0 aromatic heterocycles. The van der Waals surface area contributed by atoms with Crippen molar-refractivity contribution in [1.29, 1.82) is 0 Å². The van der Waals surface area contributed by atoms with Gasteiger partial charge >= 0.3 is 6.09 Å². The van der Waals surface area contributed by atoms with E-state index >= 15 is 0 Å². The zero-order valence-corrected chi connectivity index (χ0v) is 17.9. The summed E-state index contributed by atoms with van der Waals surface area (Å²) >= 11 is 6.26. The molecule has 0 aliphatic carbocycles. The molecule has 1 saturated heterocycles. The SMILES string of the molecule is CC(C)(C)OC(=O)N1CCN(C2=Nc3ccc(O)cc3Oc3ccc(Cl)cc32)CC1. The number of nitrogens with zero attached hydrogens (tertiary/aromatic N) is 3. The predicted molar refractivity (Wildman–Crippen MR) is 115 cm³/mol. The molecular formula is C22H24ClN3O4. The average molecular weight is 430 g/mol. The molecule has 1 amide bonds. The molecule has 158 valence electrons. The van der Waals surface area contributed by atoms with E-state index < -0.39 is 5.60 Å². The Morgan fingerprint density at radius 2 is 1.83 bits per heavy atom. The Kier molecular flexibility index (Phi) is 5.24. The number of phenolic OH excluding ortho intramolecular Hbond substituents is 1. The predicted octanol–water partition coefficient (Wildman–Crippen LogP) is 4.78. The second kappa shape index (κ2) is 7.72. The molecule has 0 unspecified atom stereocenters. The zero-order valence-electron chi connectivity index (χ0n) is 17.2. The molecule has 2 aliphatic heterocycles. The van der Waals surface area contributed by atoms with Gasteiger partial charge < -0.3 is 24.4 Å². The second-order valence-electron chi connectivity index (χ2n) is 8.28. The van der Waals surface area contributed by atoms with Gasteiger partial charge in [0.05, 0.1) is 5.56 Å². The van der Waals surface area contributed by atoms with Crippen molar-refractivity contribution in [3.8, 4) is 17.2 Å². The maximum Gasteiger partial charge on any atom is 0.410 e. The van der Waals surface area contributed by atoms with Crippen molar-refractivity contribution >= 4 is 29.2 Å². The summed E-state index contributed by atoms with van der Waals surface area (Å²) in [6.45, 7) is 7.81. The molecule has 0 radical (unpaired) electrons. The van der Waals surface area contributed by atoms with Gasteiger partial charge in [-0.15, -0.1) is 0 Å². The number of aromatic hydroxyl groups is 1. The van der Waals surface area contributed by atoms with Gasteiger partial charge in [-0.25, -0.2) is 9.79 Å². The third-order valence-electron chi connectivity index (χ3n) is 4.80. The first-order valence-electron chi connectivity index (χ1n) is 9.82. The Morgan fingerprint density at radius 3 is 2.53 bits per heavy atom. The van der Waals surface area contributed by atoms with E-state index in [0.29, 0.717) is 48.4 Å². The van der Waals surface area contributed by atoms with Crippen LogP contribution in [0.3, 0.4) is 0 Å². The summed E-state index contributed by atoms with van der Waals surface area (Å²) in [5.74, 6) is 1.91. The van der Waals surface area contributed by atoms with Gasteiger partial charge in [0.15, 0.2) is 5.75 Å². The number of aliphatic imine (C=N–C) groups is 1. The molecule has 7 nitrogen and oxygen atoms in total. The van der Waals surface area contributed by atoms with Crippen LogP contribution < -0.4 is 4.74 Å². The first kappa shape index (κ1) is 20.3. The van der Waals surface area contributed by atoms with Gasteiger partial charge in [0, 0.05) is 37.3 Å². The number of benzene rings is 2. The summed E-state index contributed by atoms with van der Waals surface area (Å²) in [6.07, 6.45) is -0.308. The molecule has 1 fully saturated rings. The van der Waals surface area contributed by atoms with Crippen LogP contribution in [0.5, 0.6) is 17.2 Å². The van der Waals surface area contributed by atoms with Crippen LogP contribution >= 0.6 is 11.6 Å². The van der Waals surface area contributed by atoms with Gasteiger partial charge in [-0.05, 0) is 51.1 Å². The van der Waals surface area contributed by atoms with Gasteiger partial charge in [0.1, 0.15) is 28.6 Å². The van der Waals surface area contributed by atoms with Gasteiger partial charge in [-0.1, -0.05) is 11.6 Å². The molecule has 2 aromatic carbocycles. The summed E-state index contributed by atoms with van der Waals surface area (Å²) in [4.78, 5) is 21.0. The fourth-order valence-electron chi connectivity index (χ4n) is 3.40. The Hall–Kier alpha value is -2.93. The van der Waals surface area contributed by atoms with E-state index in [0.717, 1.165) is 11.4 Å². The van der Waals surface area contributed by atoms with Crippen molar-refractivity contribution in [2.45, 2.75) is 26.4 Å². The standard InChI is InChI=1S/C22H24ClN3O4/c1-22(2,3)30-21(28)26-10-8-25(9-11-26)20-16-12-14(23)4-7-18(16)29-19-13-15(27)5-6-17(19)24-20/h4-7,12-13,27H,8-11H2,1-3H3. The minimum Gasteiger partial charge on any atom is -0.508 e. The van der Waals surface area contributed by atoms with Crippen LogP contribution in [0.1, 0.15) is 26.3 Å². The number of ether oxygens (including phenoxy) is 2. The highest BCUT2D eigenvalue weighted by molar-refractivity contribution is 6.31. The van der Waals surface area contributed by atoms with Crippen molar-refractivity contribution in [1.82, 2.24) is 9.80 Å². The Labute approximate surface area is 180 Å². The lowest BCUT2D eigenvalue weighted by Gasteiger charge is -2.37. The molecule has 0 saturated carbocycles. The Bertz CT molecular complexity index is 1010. The number of amides is 1. The van der Waals surface area contributed by atoms with Gasteiger partial charge in [-0.2, -0.15) is 0 Å². The summed E-state index contributed by atoms with van der Waals surface area (Å²) in [7, 11) is 0. The first-order chi connectivity index (χ1) is 14.2. The van der Waals surface area contributed by atoms with E-state index in [-0.39, 0.29) is 11.8 Å². The smallest absolute Gasteiger partial charge is 0.410 e. The van der Waals surface area contributed by atoms with Gasteiger partial charge in [-0.3, -0.25) is 0 Å². The molecule has 2 heterocycles. The maximum atomic E-state index is 12.4. The van der Waals surface area contributed by atoms with Crippen LogP contribution in [-0.4, -0.2) is 58.6 Å². The third kappa shape index (κ3) is 4.31. The van der Waals surface area contributed by atoms with E-state index in [1.54, 1.807) is 35.2 Å². The normalized spacial score (nSPS) is 16.1. The van der Waals surface area contributed by atoms with E-state index in [1.165, 1.54) is 0 Å². The number of rotatable bonds is 0. The molecule has 1 N–H and O–H groups in total. The minimum atomic E-state index is -0.526. The van der Waals surface area contributed by atoms with Gasteiger partial charge in [0.25, 0.3) is 0 Å². The largest absolute Gasteiger partial charge is 0.508 e. The second-order valence-corrected chi connectivity index (χ2v) is 8.72. The van der Waals surface area contributed by atoms with Crippen molar-refractivity contribution in [3.05, 3.63) is 47.0 Å². The fraction of sp³-hybridized carbons (Fsp3) is 0.364. The molecule has 4 rings (SSSR count). The van der Waals surface area contributed by atoms with Crippen LogP contribution in [0.25, 0.3) is 0 Å². The molecule has 2 aliphatic rings. The van der Waals surface area contributed by atoms with Crippen LogP contribution in [0, 0.1) is 0 Å². The number of fused-ring (bicyclic) bond motifs is 2. The number of amidine groups is 1. The monoisotopic (exact) mass is 429 g/mol. The van der Waals surface area contributed by atoms with Crippen LogP contribution in [-0.2, 0) is 4.74 Å². The number of halogens is 1. The molecular weight excluding hydrogens is 406 g/mol. The molecule has 8 heteroatoms. The summed E-state index contributed by atoms with van der Waals surface area (Å²) < 4.78 is 11.5. The van der Waals surface area contributed by atoms with Crippen LogP contribution in [0.15, 0.2) is 41.4 Å². The first-order valence-corrected chi connectivity index (χ1v) is 10.2. The van der Waals surface area contributed by atoms with Gasteiger partial charge in [0.2, 0.25) is 0 Å². The summed E-state index contributed by atoms with van der Waals surface area (Å²) in [6, 6.07) is 10.2. The molecule has 0 bridgehead atoms. The number of piperazine rings is 1. The van der Waals surface area contributed by atoms with Crippen LogP contribution in [0.2, 0.25) is 5.02 Å². The fourth-order valence-corrected chi connectivity index (χ4v) is 3.58. The van der Waals surface area contributed by atoms with E-state index in [2.05, 4.69) is 4.90 Å². The van der Waals surface area contributed by atoms with E-state index in [1.807, 2.05) is 26.8 Å². The van der Waals surface area contributed by atoms with Crippen molar-refractivity contribution in [3.63, 3.8) is 0 Å². The minimum absolute atomic E-state index is 0.105. The highest BCUT2D eigenvalue weighted by atomic mass is 35.5. The third-order valence-corrected chi connectivity index (χ3v) is 5.04. The summed E-state index contributed by atoms with van der Waals surface area (Å²) in [5.41, 5.74) is 0.857. The lowest BCUT2D eigenvalue weighted by molar-refractivity contribution is 0.0187. The zero-order chi connectivity index (χ0) is 21.5. The molecule has 2 aromatic rings. The average Bonchev–Trinajstić information content (AvgIpc) is 2.83. The Balaban J connectivity index is 1.62. The lowest BCUT2D eigenvalue weighted by atomic mass is 10.1. The number of hydrogen-bond acceptors (Lipinski definition) is 6. The number of carbonyl (C=O) groups is 1. The topological polar surface area (TPSA) is 74.6 Å². The highest BCUT2D eigenvalue weighted by Gasteiger charge is 2.29. The molecule has 0 atom stereocenters. The number of carbonyl (C=O) groups excluding carboxylic acids is 1. The van der Waals surface area contributed by atoms with Crippen LogP contribution in [0.4, 0.5) is 10.5 Å². The van der Waals surface area contributed by atoms with Crippen molar-refractivity contribution < 1.29 is 19.4 Å². The molecule has 30 heavy (non-hydrogen) atoms. The highest BCUT2D eigenvalue weighted by Crippen LogP contribution is 2.40. The quantitative estimate of drug-likeness (QED) is 0.652. The Morgan fingerprint density at radius 1 is 1.10 bits per heavy atom. The van der Waals surface area contributed by atoms with E-state index in [9.17, 15) is 9.90 Å². The number of hydrogen-bond donors (Lipinski definition) is 1. The van der Waals surface area contributed by atoms with Crippen molar-refractivity contribution in [2.75, 3.05) is 26.2 Å². The maximum absolute atomic E-state index is 12.4.